The zero-order valence-corrected chi connectivity index (χ0v) is 13.8. The summed E-state index contributed by atoms with van der Waals surface area (Å²) in [5.74, 6) is 1.69. The van der Waals surface area contributed by atoms with E-state index in [2.05, 4.69) is 19.2 Å². The van der Waals surface area contributed by atoms with E-state index in [0.717, 1.165) is 24.7 Å². The molecular weight excluding hydrogens is 264 g/mol. The first-order chi connectivity index (χ1) is 10.0. The number of nitrogens with one attached hydrogen (secondary N) is 1. The van der Waals surface area contributed by atoms with Crippen LogP contribution in [0.1, 0.15) is 78.1 Å². The summed E-state index contributed by atoms with van der Waals surface area (Å²) < 4.78 is 0. The van der Waals surface area contributed by atoms with E-state index < -0.39 is 6.09 Å². The van der Waals surface area contributed by atoms with Crippen molar-refractivity contribution in [2.75, 3.05) is 0 Å². The molecule has 2 saturated carbocycles. The van der Waals surface area contributed by atoms with Gasteiger partial charge in [-0.15, -0.1) is 0 Å². The van der Waals surface area contributed by atoms with Crippen molar-refractivity contribution in [1.29, 1.82) is 0 Å². The van der Waals surface area contributed by atoms with Crippen LogP contribution in [0.25, 0.3) is 0 Å². The Balaban J connectivity index is 0.000000677. The summed E-state index contributed by atoms with van der Waals surface area (Å²) in [6.45, 7) is 4.25. The molecule has 0 bridgehead atoms. The minimum atomic E-state index is -0.875. The topological polar surface area (TPSA) is 75.3 Å². The van der Waals surface area contributed by atoms with Gasteiger partial charge in [0.15, 0.2) is 0 Å². The van der Waals surface area contributed by atoms with E-state index in [1.54, 1.807) is 0 Å². The molecule has 0 atom stereocenters. The van der Waals surface area contributed by atoms with Gasteiger partial charge in [-0.05, 0) is 69.6 Å². The molecule has 0 aromatic rings. The number of carbonyl (C=O) groups is 1. The minimum Gasteiger partial charge on any atom is -0.465 e. The van der Waals surface area contributed by atoms with Gasteiger partial charge < -0.3 is 16.2 Å². The van der Waals surface area contributed by atoms with E-state index in [4.69, 9.17) is 10.8 Å². The van der Waals surface area contributed by atoms with Crippen LogP contribution >= 0.6 is 0 Å². The van der Waals surface area contributed by atoms with Gasteiger partial charge in [-0.3, -0.25) is 0 Å². The summed E-state index contributed by atoms with van der Waals surface area (Å²) in [5, 5.41) is 11.3. The molecule has 0 aromatic carbocycles. The van der Waals surface area contributed by atoms with Crippen molar-refractivity contribution >= 4 is 6.09 Å². The summed E-state index contributed by atoms with van der Waals surface area (Å²) in [6.07, 6.45) is 11.1. The van der Waals surface area contributed by atoms with Crippen LogP contribution in [-0.4, -0.2) is 23.3 Å². The number of hydrogen-bond donors (Lipinski definition) is 3. The zero-order valence-electron chi connectivity index (χ0n) is 13.8. The lowest BCUT2D eigenvalue weighted by atomic mass is 9.76. The Morgan fingerprint density at radius 1 is 1.00 bits per heavy atom. The molecule has 124 valence electrons. The second-order valence-corrected chi connectivity index (χ2v) is 6.89. The summed E-state index contributed by atoms with van der Waals surface area (Å²) in [7, 11) is 0. The average molecular weight is 298 g/mol. The SMILES string of the molecule is CCC.NC1CCC(CC2CCC(NC(=O)O)CC2)CC1. The van der Waals surface area contributed by atoms with Gasteiger partial charge in [-0.1, -0.05) is 20.3 Å². The predicted molar refractivity (Wildman–Crippen MR) is 87.4 cm³/mol. The molecule has 0 aliphatic heterocycles. The second kappa shape index (κ2) is 10.0. The molecule has 1 amide bonds. The minimum absolute atomic E-state index is 0.193. The number of hydrogen-bond acceptors (Lipinski definition) is 2. The summed E-state index contributed by atoms with van der Waals surface area (Å²) in [4.78, 5) is 10.6. The standard InChI is InChI=1S/C14H26N2O2.C3H8/c15-12-5-1-10(2-6-12)9-11-3-7-13(8-4-11)16-14(17)18;1-3-2/h10-13,16H,1-9,15H2,(H,17,18);3H2,1-2H3. The molecule has 4 nitrogen and oxygen atoms in total. The third kappa shape index (κ3) is 7.70. The molecular formula is C17H34N2O2. The largest absolute Gasteiger partial charge is 0.465 e. The second-order valence-electron chi connectivity index (χ2n) is 6.89. The van der Waals surface area contributed by atoms with Gasteiger partial charge in [-0.2, -0.15) is 0 Å². The lowest BCUT2D eigenvalue weighted by Gasteiger charge is -2.33. The summed E-state index contributed by atoms with van der Waals surface area (Å²) in [5.41, 5.74) is 5.93. The summed E-state index contributed by atoms with van der Waals surface area (Å²) in [6, 6.07) is 0.635. The van der Waals surface area contributed by atoms with E-state index in [9.17, 15) is 4.79 Å². The van der Waals surface area contributed by atoms with Crippen molar-refractivity contribution in [3.05, 3.63) is 0 Å². The van der Waals surface area contributed by atoms with Gasteiger partial charge in [-0.25, -0.2) is 4.79 Å². The lowest BCUT2D eigenvalue weighted by molar-refractivity contribution is 0.176. The molecule has 0 heterocycles. The third-order valence-electron chi connectivity index (χ3n) is 4.73. The Kier molecular flexibility index (Phi) is 8.74. The van der Waals surface area contributed by atoms with Crippen LogP contribution in [0, 0.1) is 11.8 Å². The molecule has 21 heavy (non-hydrogen) atoms. The monoisotopic (exact) mass is 298 g/mol. The van der Waals surface area contributed by atoms with Crippen LogP contribution in [0.5, 0.6) is 0 Å². The maximum atomic E-state index is 10.6. The molecule has 2 aliphatic rings. The van der Waals surface area contributed by atoms with Crippen molar-refractivity contribution in [2.45, 2.75) is 90.1 Å². The quantitative estimate of drug-likeness (QED) is 0.733. The summed E-state index contributed by atoms with van der Waals surface area (Å²) >= 11 is 0. The first-order valence-corrected chi connectivity index (χ1v) is 8.80. The normalized spacial score (nSPS) is 32.7. The fraction of sp³-hybridized carbons (Fsp3) is 0.941. The van der Waals surface area contributed by atoms with Crippen LogP contribution in [0.4, 0.5) is 4.79 Å². The smallest absolute Gasteiger partial charge is 0.404 e. The molecule has 0 spiro atoms. The number of rotatable bonds is 3. The van der Waals surface area contributed by atoms with Crippen LogP contribution in [-0.2, 0) is 0 Å². The number of carboxylic acid groups (broad SMARTS) is 1. The molecule has 0 saturated heterocycles. The van der Waals surface area contributed by atoms with Crippen LogP contribution in [0.15, 0.2) is 0 Å². The van der Waals surface area contributed by atoms with Crippen molar-refractivity contribution in [3.63, 3.8) is 0 Å². The highest BCUT2D eigenvalue weighted by molar-refractivity contribution is 5.64. The third-order valence-corrected chi connectivity index (χ3v) is 4.73. The average Bonchev–Trinajstić information content (AvgIpc) is 2.44. The van der Waals surface area contributed by atoms with Gasteiger partial charge >= 0.3 is 6.09 Å². The Bertz CT molecular complexity index is 281. The Morgan fingerprint density at radius 3 is 1.86 bits per heavy atom. The number of amides is 1. The predicted octanol–water partition coefficient (Wildman–Crippen LogP) is 4.14. The highest BCUT2D eigenvalue weighted by Gasteiger charge is 2.26. The maximum absolute atomic E-state index is 10.6. The van der Waals surface area contributed by atoms with Crippen LogP contribution < -0.4 is 11.1 Å². The fourth-order valence-electron chi connectivity index (χ4n) is 3.61. The fourth-order valence-corrected chi connectivity index (χ4v) is 3.61. The molecule has 0 unspecified atom stereocenters. The molecule has 0 radical (unpaired) electrons. The first kappa shape index (κ1) is 18.3. The van der Waals surface area contributed by atoms with E-state index in [1.165, 1.54) is 51.4 Å². The van der Waals surface area contributed by atoms with Crippen LogP contribution in [0.3, 0.4) is 0 Å². The molecule has 0 aromatic heterocycles. The highest BCUT2D eigenvalue weighted by atomic mass is 16.4. The Labute approximate surface area is 129 Å². The van der Waals surface area contributed by atoms with Crippen molar-refractivity contribution in [2.24, 2.45) is 17.6 Å². The van der Waals surface area contributed by atoms with Gasteiger partial charge in [0.05, 0.1) is 0 Å². The van der Waals surface area contributed by atoms with Crippen molar-refractivity contribution in [3.8, 4) is 0 Å². The first-order valence-electron chi connectivity index (χ1n) is 8.80. The Morgan fingerprint density at radius 2 is 1.43 bits per heavy atom. The van der Waals surface area contributed by atoms with E-state index in [-0.39, 0.29) is 6.04 Å². The van der Waals surface area contributed by atoms with E-state index in [1.807, 2.05) is 0 Å². The molecule has 2 rings (SSSR count). The van der Waals surface area contributed by atoms with Gasteiger partial charge in [0, 0.05) is 12.1 Å². The molecule has 2 aliphatic carbocycles. The van der Waals surface area contributed by atoms with Crippen molar-refractivity contribution in [1.82, 2.24) is 5.32 Å². The van der Waals surface area contributed by atoms with Crippen molar-refractivity contribution < 1.29 is 9.90 Å². The lowest BCUT2D eigenvalue weighted by Crippen LogP contribution is -2.37. The molecule has 4 N–H and O–H groups in total. The Hall–Kier alpha value is -0.770. The van der Waals surface area contributed by atoms with E-state index in [0.29, 0.717) is 6.04 Å². The zero-order chi connectivity index (χ0) is 15.7. The van der Waals surface area contributed by atoms with Gasteiger partial charge in [0.1, 0.15) is 0 Å². The molecule has 4 heteroatoms. The highest BCUT2D eigenvalue weighted by Crippen LogP contribution is 2.34. The maximum Gasteiger partial charge on any atom is 0.404 e. The molecule has 2 fully saturated rings. The van der Waals surface area contributed by atoms with Gasteiger partial charge in [0.2, 0.25) is 0 Å². The van der Waals surface area contributed by atoms with Gasteiger partial charge in [0.25, 0.3) is 0 Å². The van der Waals surface area contributed by atoms with E-state index >= 15 is 0 Å². The van der Waals surface area contributed by atoms with Crippen LogP contribution in [0.2, 0.25) is 0 Å². The number of nitrogens with two attached hydrogens (primary N) is 1.